The quantitative estimate of drug-likeness (QED) is 0.812. The maximum Gasteiger partial charge on any atom is 0.491 e. The number of anilines is 1. The van der Waals surface area contributed by atoms with Gasteiger partial charge in [-0.3, -0.25) is 9.59 Å². The van der Waals surface area contributed by atoms with E-state index >= 15 is 0 Å². The molecule has 0 unspecified atom stereocenters. The van der Waals surface area contributed by atoms with Gasteiger partial charge in [0.15, 0.2) is 0 Å². The van der Waals surface area contributed by atoms with Gasteiger partial charge in [-0.15, -0.1) is 0 Å². The summed E-state index contributed by atoms with van der Waals surface area (Å²) in [6.07, 6.45) is 0.689. The molecule has 132 valence electrons. The Hall–Kier alpha value is -2.64. The summed E-state index contributed by atoms with van der Waals surface area (Å²) in [5, 5.41) is 12.7. The van der Waals surface area contributed by atoms with E-state index in [0.29, 0.717) is 37.4 Å². The molecule has 2 amide bonds. The Bertz CT molecular complexity index is 899. The molecule has 0 aromatic heterocycles. The molecule has 0 atom stereocenters. The number of hydrogen-bond donors (Lipinski definition) is 2. The summed E-state index contributed by atoms with van der Waals surface area (Å²) in [6, 6.07) is 11.2. The van der Waals surface area contributed by atoms with Gasteiger partial charge in [-0.1, -0.05) is 24.3 Å². The second-order valence-corrected chi connectivity index (χ2v) is 6.69. The van der Waals surface area contributed by atoms with Crippen molar-refractivity contribution in [3.05, 3.63) is 58.7 Å². The lowest BCUT2D eigenvalue weighted by Crippen LogP contribution is -2.38. The van der Waals surface area contributed by atoms with Gasteiger partial charge in [0.2, 0.25) is 5.91 Å². The van der Waals surface area contributed by atoms with Gasteiger partial charge in [0.25, 0.3) is 5.91 Å². The van der Waals surface area contributed by atoms with Crippen molar-refractivity contribution >= 4 is 30.1 Å². The van der Waals surface area contributed by atoms with Gasteiger partial charge < -0.3 is 19.9 Å². The van der Waals surface area contributed by atoms with Crippen LogP contribution in [0.1, 0.15) is 34.0 Å². The van der Waals surface area contributed by atoms with Crippen LogP contribution in [0.15, 0.2) is 36.4 Å². The van der Waals surface area contributed by atoms with E-state index in [1.54, 1.807) is 17.0 Å². The van der Waals surface area contributed by atoms with E-state index in [-0.39, 0.29) is 11.8 Å². The molecule has 0 saturated heterocycles. The largest absolute Gasteiger partial charge is 0.491 e. The highest BCUT2D eigenvalue weighted by atomic mass is 16.5. The molecule has 2 aliphatic rings. The van der Waals surface area contributed by atoms with Crippen molar-refractivity contribution in [3.8, 4) is 0 Å². The Morgan fingerprint density at radius 2 is 2.19 bits per heavy atom. The summed E-state index contributed by atoms with van der Waals surface area (Å²) < 4.78 is 5.22. The second-order valence-electron chi connectivity index (χ2n) is 6.69. The van der Waals surface area contributed by atoms with E-state index in [1.807, 2.05) is 24.3 Å². The number of carbonyl (C=O) groups excluding carboxylic acids is 2. The van der Waals surface area contributed by atoms with Crippen molar-refractivity contribution in [3.63, 3.8) is 0 Å². The van der Waals surface area contributed by atoms with E-state index in [9.17, 15) is 14.6 Å². The highest BCUT2D eigenvalue weighted by Gasteiger charge is 2.29. The first-order valence-electron chi connectivity index (χ1n) is 8.63. The normalized spacial score (nSPS) is 15.7. The van der Waals surface area contributed by atoms with Crippen molar-refractivity contribution in [1.82, 2.24) is 4.90 Å². The fraction of sp³-hybridized carbons (Fsp3) is 0.263. The van der Waals surface area contributed by atoms with Crippen molar-refractivity contribution in [2.75, 3.05) is 11.9 Å². The zero-order valence-electron chi connectivity index (χ0n) is 14.5. The third kappa shape index (κ3) is 3.00. The fourth-order valence-corrected chi connectivity index (χ4v) is 3.62. The van der Waals surface area contributed by atoms with Gasteiger partial charge in [0.05, 0.1) is 6.61 Å². The van der Waals surface area contributed by atoms with Gasteiger partial charge in [0.1, 0.15) is 0 Å². The molecule has 6 nitrogen and oxygen atoms in total. The molecule has 0 radical (unpaired) electrons. The van der Waals surface area contributed by atoms with Crippen LogP contribution < -0.4 is 10.8 Å². The summed E-state index contributed by atoms with van der Waals surface area (Å²) >= 11 is 0. The number of benzene rings is 2. The zero-order chi connectivity index (χ0) is 18.3. The molecule has 2 aromatic rings. The van der Waals surface area contributed by atoms with E-state index in [4.69, 9.17) is 4.65 Å². The zero-order valence-corrected chi connectivity index (χ0v) is 14.5. The Morgan fingerprint density at radius 1 is 1.35 bits per heavy atom. The first kappa shape index (κ1) is 16.8. The Balaban J connectivity index is 1.57. The van der Waals surface area contributed by atoms with Crippen molar-refractivity contribution in [1.29, 1.82) is 0 Å². The van der Waals surface area contributed by atoms with Crippen LogP contribution in [0, 0.1) is 0 Å². The lowest BCUT2D eigenvalue weighted by Gasteiger charge is -2.30. The highest BCUT2D eigenvalue weighted by Crippen LogP contribution is 2.27. The van der Waals surface area contributed by atoms with Crippen molar-refractivity contribution in [2.45, 2.75) is 26.5 Å². The maximum atomic E-state index is 12.9. The molecular weight excluding hydrogens is 331 g/mol. The smallest absolute Gasteiger partial charge is 0.423 e. The maximum absolute atomic E-state index is 12.9. The monoisotopic (exact) mass is 350 g/mol. The molecule has 4 rings (SSSR count). The number of hydrogen-bond acceptors (Lipinski definition) is 4. The van der Waals surface area contributed by atoms with Gasteiger partial charge in [-0.05, 0) is 40.7 Å². The molecule has 2 N–H and O–H groups in total. The third-order valence-electron chi connectivity index (χ3n) is 4.88. The Morgan fingerprint density at radius 3 is 3.00 bits per heavy atom. The minimum atomic E-state index is -0.886. The lowest BCUT2D eigenvalue weighted by molar-refractivity contribution is -0.114. The van der Waals surface area contributed by atoms with Gasteiger partial charge in [0, 0.05) is 31.3 Å². The molecule has 0 fully saturated rings. The lowest BCUT2D eigenvalue weighted by atomic mass is 9.79. The summed E-state index contributed by atoms with van der Waals surface area (Å²) in [4.78, 5) is 26.1. The van der Waals surface area contributed by atoms with E-state index in [1.165, 1.54) is 6.92 Å². The van der Waals surface area contributed by atoms with Crippen LogP contribution in [0.4, 0.5) is 5.69 Å². The topological polar surface area (TPSA) is 78.9 Å². The molecule has 2 heterocycles. The van der Waals surface area contributed by atoms with E-state index in [0.717, 1.165) is 22.2 Å². The molecule has 2 aliphatic heterocycles. The predicted molar refractivity (Wildman–Crippen MR) is 98.0 cm³/mol. The molecule has 0 saturated carbocycles. The summed E-state index contributed by atoms with van der Waals surface area (Å²) in [5.74, 6) is -0.192. The van der Waals surface area contributed by atoms with Crippen LogP contribution in [0.2, 0.25) is 0 Å². The van der Waals surface area contributed by atoms with E-state index in [2.05, 4.69) is 5.32 Å². The molecule has 26 heavy (non-hydrogen) atoms. The molecule has 2 aromatic carbocycles. The standard InChI is InChI=1S/C19H19BN2O4/c1-12(23)21-18-4-2-3-16-15(18)7-8-22(19(16)24)10-13-5-6-14-11-26-20(25)17(14)9-13/h2-6,9,25H,7-8,10-11H2,1H3,(H,21,23). The van der Waals surface area contributed by atoms with Gasteiger partial charge in [-0.2, -0.15) is 0 Å². The minimum absolute atomic E-state index is 0.0456. The number of rotatable bonds is 3. The molecule has 7 heteroatoms. The first-order valence-corrected chi connectivity index (χ1v) is 8.63. The number of nitrogens with zero attached hydrogens (tertiary/aromatic N) is 1. The average Bonchev–Trinajstić information content (AvgIpc) is 2.98. The highest BCUT2D eigenvalue weighted by molar-refractivity contribution is 6.61. The number of nitrogens with one attached hydrogen (secondary N) is 1. The van der Waals surface area contributed by atoms with Crippen LogP contribution in [0.3, 0.4) is 0 Å². The SMILES string of the molecule is CC(=O)Nc1cccc2c1CCN(Cc1ccc3c(c1)B(O)OC3)C2=O. The van der Waals surface area contributed by atoms with Crippen LogP contribution in [0.5, 0.6) is 0 Å². The number of carbonyl (C=O) groups is 2. The number of amides is 2. The second kappa shape index (κ2) is 6.59. The van der Waals surface area contributed by atoms with Crippen molar-refractivity contribution < 1.29 is 19.3 Å². The number of fused-ring (bicyclic) bond motifs is 2. The van der Waals surface area contributed by atoms with Crippen LogP contribution in [0.25, 0.3) is 0 Å². The van der Waals surface area contributed by atoms with Gasteiger partial charge in [-0.25, -0.2) is 0 Å². The third-order valence-corrected chi connectivity index (χ3v) is 4.88. The molecule has 0 spiro atoms. The predicted octanol–water partition coefficient (Wildman–Crippen LogP) is 1.06. The van der Waals surface area contributed by atoms with Crippen LogP contribution in [-0.4, -0.2) is 35.4 Å². The summed E-state index contributed by atoms with van der Waals surface area (Å²) in [7, 11) is -0.886. The van der Waals surface area contributed by atoms with Crippen LogP contribution in [-0.2, 0) is 29.0 Å². The molecule has 0 bridgehead atoms. The molecular formula is C19H19BN2O4. The van der Waals surface area contributed by atoms with Crippen molar-refractivity contribution in [2.24, 2.45) is 0 Å². The fourth-order valence-electron chi connectivity index (χ4n) is 3.62. The summed E-state index contributed by atoms with van der Waals surface area (Å²) in [6.45, 7) is 2.93. The first-order chi connectivity index (χ1) is 12.5. The average molecular weight is 350 g/mol. The van der Waals surface area contributed by atoms with E-state index < -0.39 is 7.12 Å². The summed E-state index contributed by atoms with van der Waals surface area (Å²) in [5.41, 5.74) is 4.95. The minimum Gasteiger partial charge on any atom is -0.423 e. The van der Waals surface area contributed by atoms with Gasteiger partial charge >= 0.3 is 7.12 Å². The Labute approximate surface area is 151 Å². The van der Waals surface area contributed by atoms with Crippen LogP contribution >= 0.6 is 0 Å². The molecule has 0 aliphatic carbocycles. The Kier molecular flexibility index (Phi) is 4.26.